The predicted octanol–water partition coefficient (Wildman–Crippen LogP) is 0.200. The molecule has 2 N–H and O–H groups in total. The van der Waals surface area contributed by atoms with Gasteiger partial charge in [0.1, 0.15) is 12.3 Å². The van der Waals surface area contributed by atoms with Crippen molar-refractivity contribution in [3.8, 4) is 17.0 Å². The molecule has 0 radical (unpaired) electrons. The van der Waals surface area contributed by atoms with Crippen LogP contribution in [0, 0.1) is 0 Å². The Balaban J connectivity index is 2.43. The van der Waals surface area contributed by atoms with E-state index < -0.39 is 17.2 Å². The fourth-order valence-electron chi connectivity index (χ4n) is 2.94. The van der Waals surface area contributed by atoms with Crippen molar-refractivity contribution < 1.29 is 9.53 Å². The Kier molecular flexibility index (Phi) is 3.96. The monoisotopic (exact) mass is 342 g/mol. The summed E-state index contributed by atoms with van der Waals surface area (Å²) >= 11 is 0. The highest BCUT2D eigenvalue weighted by molar-refractivity contribution is 5.94. The summed E-state index contributed by atoms with van der Waals surface area (Å²) in [5, 5.41) is 0.357. The maximum Gasteiger partial charge on any atom is 0.330 e. The van der Waals surface area contributed by atoms with Gasteiger partial charge in [-0.05, 0) is 29.8 Å². The summed E-state index contributed by atoms with van der Waals surface area (Å²) in [7, 11) is 4.57. The van der Waals surface area contributed by atoms with Crippen molar-refractivity contribution in [1.82, 2.24) is 13.7 Å². The van der Waals surface area contributed by atoms with Crippen molar-refractivity contribution in [3.63, 3.8) is 0 Å². The lowest BCUT2D eigenvalue weighted by atomic mass is 10.1. The molecule has 0 aliphatic carbocycles. The predicted molar refractivity (Wildman–Crippen MR) is 93.6 cm³/mol. The van der Waals surface area contributed by atoms with Crippen LogP contribution in [-0.2, 0) is 25.4 Å². The van der Waals surface area contributed by atoms with Gasteiger partial charge < -0.3 is 15.0 Å². The molecule has 0 aliphatic heterocycles. The molecule has 0 fully saturated rings. The number of primary amides is 1. The van der Waals surface area contributed by atoms with Gasteiger partial charge in [-0.25, -0.2) is 4.79 Å². The molecule has 0 spiro atoms. The van der Waals surface area contributed by atoms with Crippen LogP contribution in [0.25, 0.3) is 22.2 Å². The van der Waals surface area contributed by atoms with Gasteiger partial charge >= 0.3 is 5.69 Å². The van der Waals surface area contributed by atoms with E-state index in [1.807, 2.05) is 0 Å². The third kappa shape index (κ3) is 2.61. The molecule has 0 aliphatic rings. The maximum absolute atomic E-state index is 12.7. The third-order valence-electron chi connectivity index (χ3n) is 4.20. The van der Waals surface area contributed by atoms with Crippen LogP contribution < -0.4 is 21.7 Å². The van der Waals surface area contributed by atoms with Gasteiger partial charge in [0.05, 0.1) is 23.7 Å². The van der Waals surface area contributed by atoms with E-state index in [0.29, 0.717) is 27.9 Å². The van der Waals surface area contributed by atoms with Crippen molar-refractivity contribution in [2.24, 2.45) is 19.8 Å². The number of hydrogen-bond donors (Lipinski definition) is 1. The van der Waals surface area contributed by atoms with E-state index in [1.54, 1.807) is 49.2 Å². The number of aromatic nitrogens is 3. The Hall–Kier alpha value is -3.29. The zero-order valence-corrected chi connectivity index (χ0v) is 14.1. The second kappa shape index (κ2) is 5.97. The zero-order chi connectivity index (χ0) is 18.3. The summed E-state index contributed by atoms with van der Waals surface area (Å²) in [5.41, 5.74) is 6.18. The van der Waals surface area contributed by atoms with Crippen LogP contribution in [0.15, 0.2) is 40.1 Å². The number of carbonyl (C=O) groups excluding carboxylic acids is 1. The first-order valence-electron chi connectivity index (χ1n) is 7.56. The minimum atomic E-state index is -0.545. The van der Waals surface area contributed by atoms with Gasteiger partial charge in [-0.15, -0.1) is 0 Å². The summed E-state index contributed by atoms with van der Waals surface area (Å²) in [4.78, 5) is 36.4. The third-order valence-corrected chi connectivity index (χ3v) is 4.20. The Labute approximate surface area is 142 Å². The van der Waals surface area contributed by atoms with E-state index in [2.05, 4.69) is 0 Å². The molecule has 0 unspecified atom stereocenters. The van der Waals surface area contributed by atoms with Crippen molar-refractivity contribution in [1.29, 1.82) is 0 Å². The number of benzene rings is 1. The Morgan fingerprint density at radius 1 is 1.12 bits per heavy atom. The molecular weight excluding hydrogens is 324 g/mol. The number of carbonyl (C=O) groups is 1. The van der Waals surface area contributed by atoms with Gasteiger partial charge in [-0.2, -0.15) is 0 Å². The van der Waals surface area contributed by atoms with E-state index in [1.165, 1.54) is 11.6 Å². The van der Waals surface area contributed by atoms with E-state index in [4.69, 9.17) is 10.5 Å². The fraction of sp³-hybridized carbons (Fsp3) is 0.235. The summed E-state index contributed by atoms with van der Waals surface area (Å²) < 4.78 is 9.17. The largest absolute Gasteiger partial charge is 0.497 e. The zero-order valence-electron chi connectivity index (χ0n) is 14.1. The van der Waals surface area contributed by atoms with Crippen LogP contribution in [0.4, 0.5) is 0 Å². The van der Waals surface area contributed by atoms with Crippen molar-refractivity contribution in [2.45, 2.75) is 6.54 Å². The number of nitrogens with zero attached hydrogens (tertiary/aromatic N) is 3. The molecule has 1 amide bonds. The van der Waals surface area contributed by atoms with Gasteiger partial charge in [-0.3, -0.25) is 18.7 Å². The van der Waals surface area contributed by atoms with Gasteiger partial charge in [0.25, 0.3) is 5.56 Å². The van der Waals surface area contributed by atoms with Gasteiger partial charge in [0.2, 0.25) is 5.91 Å². The molecule has 0 saturated carbocycles. The van der Waals surface area contributed by atoms with Crippen LogP contribution >= 0.6 is 0 Å². The minimum absolute atomic E-state index is 0.104. The maximum atomic E-state index is 12.7. The number of hydrogen-bond acceptors (Lipinski definition) is 4. The number of ether oxygens (including phenoxy) is 1. The van der Waals surface area contributed by atoms with E-state index in [-0.39, 0.29) is 6.54 Å². The number of aryl methyl sites for hydroxylation is 1. The molecular formula is C17H18N4O4. The molecule has 2 aromatic heterocycles. The van der Waals surface area contributed by atoms with E-state index in [9.17, 15) is 14.4 Å². The number of amides is 1. The molecule has 0 atom stereocenters. The SMILES string of the molecule is COc1ccc(-c2c3c(=O)n(C)c(=O)n(C)c3cn2CC(N)=O)cc1. The average Bonchev–Trinajstić information content (AvgIpc) is 2.96. The number of methoxy groups -OCH3 is 1. The van der Waals surface area contributed by atoms with E-state index >= 15 is 0 Å². The van der Waals surface area contributed by atoms with Gasteiger partial charge in [0.15, 0.2) is 0 Å². The van der Waals surface area contributed by atoms with E-state index in [0.717, 1.165) is 4.57 Å². The minimum Gasteiger partial charge on any atom is -0.497 e. The van der Waals surface area contributed by atoms with Crippen LogP contribution in [0.5, 0.6) is 5.75 Å². The summed E-state index contributed by atoms with van der Waals surface area (Å²) in [6, 6.07) is 7.09. The smallest absolute Gasteiger partial charge is 0.330 e. The standard InChI is InChI=1S/C17H18N4O4/c1-19-12-8-21(9-13(18)22)15(10-4-6-11(25-3)7-5-10)14(12)16(23)20(2)17(19)24/h4-8H,9H2,1-3H3,(H2,18,22). The lowest BCUT2D eigenvalue weighted by Gasteiger charge is -2.09. The lowest BCUT2D eigenvalue weighted by molar-refractivity contribution is -0.118. The van der Waals surface area contributed by atoms with Crippen LogP contribution in [0.3, 0.4) is 0 Å². The topological polar surface area (TPSA) is 101 Å². The van der Waals surface area contributed by atoms with Crippen molar-refractivity contribution in [2.75, 3.05) is 7.11 Å². The molecule has 3 aromatic rings. The highest BCUT2D eigenvalue weighted by Gasteiger charge is 2.20. The van der Waals surface area contributed by atoms with Crippen molar-refractivity contribution in [3.05, 3.63) is 51.3 Å². The Morgan fingerprint density at radius 2 is 1.76 bits per heavy atom. The number of fused-ring (bicyclic) bond motifs is 1. The molecule has 0 saturated heterocycles. The molecule has 3 rings (SSSR count). The first-order valence-corrected chi connectivity index (χ1v) is 7.56. The fourth-order valence-corrected chi connectivity index (χ4v) is 2.94. The number of rotatable bonds is 4. The molecule has 25 heavy (non-hydrogen) atoms. The summed E-state index contributed by atoms with van der Waals surface area (Å²) in [6.45, 7) is -0.104. The first-order chi connectivity index (χ1) is 11.8. The molecule has 8 heteroatoms. The average molecular weight is 342 g/mol. The molecule has 2 heterocycles. The molecule has 0 bridgehead atoms. The second-order valence-electron chi connectivity index (χ2n) is 5.77. The molecule has 130 valence electrons. The highest BCUT2D eigenvalue weighted by Crippen LogP contribution is 2.29. The Bertz CT molecular complexity index is 1090. The first kappa shape index (κ1) is 16.6. The Morgan fingerprint density at radius 3 is 2.32 bits per heavy atom. The van der Waals surface area contributed by atoms with Gasteiger partial charge in [-0.1, -0.05) is 0 Å². The van der Waals surface area contributed by atoms with Crippen LogP contribution in [0.1, 0.15) is 0 Å². The van der Waals surface area contributed by atoms with Crippen LogP contribution in [0.2, 0.25) is 0 Å². The normalized spacial score (nSPS) is 11.0. The molecule has 8 nitrogen and oxygen atoms in total. The summed E-state index contributed by atoms with van der Waals surface area (Å²) in [5.74, 6) is 0.123. The molecule has 1 aromatic carbocycles. The van der Waals surface area contributed by atoms with Gasteiger partial charge in [0, 0.05) is 20.3 Å². The number of nitrogens with two attached hydrogens (primary N) is 1. The quantitative estimate of drug-likeness (QED) is 0.732. The highest BCUT2D eigenvalue weighted by atomic mass is 16.5. The second-order valence-corrected chi connectivity index (χ2v) is 5.77. The lowest BCUT2D eigenvalue weighted by Crippen LogP contribution is -2.36. The van der Waals surface area contributed by atoms with Crippen molar-refractivity contribution >= 4 is 16.8 Å². The van der Waals surface area contributed by atoms with Crippen LogP contribution in [-0.4, -0.2) is 26.7 Å². The summed E-state index contributed by atoms with van der Waals surface area (Å²) in [6.07, 6.45) is 1.60.